The highest BCUT2D eigenvalue weighted by atomic mass is 32.2. The third-order valence-corrected chi connectivity index (χ3v) is 4.12. The van der Waals surface area contributed by atoms with Crippen LogP contribution in [0.15, 0.2) is 0 Å². The zero-order chi connectivity index (χ0) is 16.6. The molecule has 9 heteroatoms. The Labute approximate surface area is 131 Å². The van der Waals surface area contributed by atoms with Crippen LogP contribution in [0.2, 0.25) is 0 Å². The van der Waals surface area contributed by atoms with Crippen LogP contribution in [0, 0.1) is 0 Å². The minimum Gasteiger partial charge on any atom is -0.469 e. The first-order valence-corrected chi connectivity index (χ1v) is 9.22. The van der Waals surface area contributed by atoms with Crippen molar-refractivity contribution in [3.63, 3.8) is 0 Å². The first-order valence-electron chi connectivity index (χ1n) is 7.33. The molecule has 22 heavy (non-hydrogen) atoms. The van der Waals surface area contributed by atoms with E-state index in [9.17, 15) is 18.0 Å². The molecule has 0 bridgehead atoms. The van der Waals surface area contributed by atoms with E-state index in [1.165, 1.54) is 7.11 Å². The number of carbonyl (C=O) groups is 2. The number of hydrogen-bond donors (Lipinski definition) is 2. The summed E-state index contributed by atoms with van der Waals surface area (Å²) in [6.07, 6.45) is 3.59. The van der Waals surface area contributed by atoms with Gasteiger partial charge >= 0.3 is 5.97 Å². The fraction of sp³-hybridized carbons (Fsp3) is 0.846. The van der Waals surface area contributed by atoms with Gasteiger partial charge in [0, 0.05) is 25.6 Å². The minimum atomic E-state index is -3.22. The third kappa shape index (κ3) is 8.30. The van der Waals surface area contributed by atoms with E-state index in [1.807, 2.05) is 4.90 Å². The van der Waals surface area contributed by atoms with Crippen LogP contribution in [-0.4, -0.2) is 70.8 Å². The molecule has 0 radical (unpaired) electrons. The van der Waals surface area contributed by atoms with Crippen molar-refractivity contribution in [2.24, 2.45) is 0 Å². The fourth-order valence-electron chi connectivity index (χ4n) is 2.42. The van der Waals surface area contributed by atoms with E-state index in [4.69, 9.17) is 0 Å². The van der Waals surface area contributed by atoms with Gasteiger partial charge < -0.3 is 10.1 Å². The van der Waals surface area contributed by atoms with Crippen LogP contribution in [0.1, 0.15) is 25.7 Å². The molecule has 0 aromatic rings. The molecule has 1 atom stereocenters. The van der Waals surface area contributed by atoms with Crippen LogP contribution in [0.25, 0.3) is 0 Å². The van der Waals surface area contributed by atoms with E-state index in [1.54, 1.807) is 0 Å². The Morgan fingerprint density at radius 1 is 1.36 bits per heavy atom. The van der Waals surface area contributed by atoms with Crippen molar-refractivity contribution in [2.75, 3.05) is 39.5 Å². The molecular formula is C13H25N3O5S. The molecular weight excluding hydrogens is 310 g/mol. The van der Waals surface area contributed by atoms with Crippen molar-refractivity contribution >= 4 is 21.9 Å². The molecule has 1 rings (SSSR count). The number of hydrogen-bond acceptors (Lipinski definition) is 6. The number of esters is 1. The lowest BCUT2D eigenvalue weighted by Crippen LogP contribution is -2.50. The Balaban J connectivity index is 2.24. The monoisotopic (exact) mass is 335 g/mol. The lowest BCUT2D eigenvalue weighted by Gasteiger charge is -2.32. The number of sulfonamides is 1. The summed E-state index contributed by atoms with van der Waals surface area (Å²) >= 11 is 0. The van der Waals surface area contributed by atoms with Crippen LogP contribution >= 0.6 is 0 Å². The van der Waals surface area contributed by atoms with Gasteiger partial charge in [0.25, 0.3) is 0 Å². The highest BCUT2D eigenvalue weighted by Gasteiger charge is 2.23. The second-order valence-electron chi connectivity index (χ2n) is 5.49. The molecule has 8 nitrogen and oxygen atoms in total. The molecule has 1 aliphatic heterocycles. The molecule has 0 aromatic heterocycles. The van der Waals surface area contributed by atoms with Gasteiger partial charge in [-0.3, -0.25) is 14.5 Å². The number of carbonyl (C=O) groups excluding carboxylic acids is 2. The second kappa shape index (κ2) is 9.06. The van der Waals surface area contributed by atoms with Crippen LogP contribution in [0.3, 0.4) is 0 Å². The normalized spacial score (nSPS) is 19.6. The van der Waals surface area contributed by atoms with Gasteiger partial charge in [-0.1, -0.05) is 0 Å². The maximum atomic E-state index is 11.8. The van der Waals surface area contributed by atoms with Gasteiger partial charge in [-0.2, -0.15) is 0 Å². The second-order valence-corrected chi connectivity index (χ2v) is 7.27. The Hall–Kier alpha value is -1.19. The average Bonchev–Trinajstić information content (AvgIpc) is 2.41. The van der Waals surface area contributed by atoms with E-state index in [0.717, 1.165) is 25.6 Å². The van der Waals surface area contributed by atoms with Crippen molar-refractivity contribution in [3.8, 4) is 0 Å². The number of ether oxygens (including phenoxy) is 1. The Kier molecular flexibility index (Phi) is 7.77. The Morgan fingerprint density at radius 3 is 2.73 bits per heavy atom. The van der Waals surface area contributed by atoms with E-state index in [-0.39, 0.29) is 30.9 Å². The number of piperidine rings is 1. The van der Waals surface area contributed by atoms with Gasteiger partial charge in [0.15, 0.2) is 0 Å². The van der Waals surface area contributed by atoms with E-state index in [2.05, 4.69) is 14.8 Å². The number of rotatable bonds is 8. The summed E-state index contributed by atoms with van der Waals surface area (Å²) in [5, 5.41) is 2.75. The zero-order valence-corrected chi connectivity index (χ0v) is 13.9. The number of methoxy groups -OCH3 is 1. The van der Waals surface area contributed by atoms with Crippen LogP contribution in [0.5, 0.6) is 0 Å². The smallest absolute Gasteiger partial charge is 0.305 e. The predicted molar refractivity (Wildman–Crippen MR) is 81.7 cm³/mol. The summed E-state index contributed by atoms with van der Waals surface area (Å²) < 4.78 is 29.6. The summed E-state index contributed by atoms with van der Waals surface area (Å²) in [4.78, 5) is 24.7. The summed E-state index contributed by atoms with van der Waals surface area (Å²) in [6, 6.07) is -0.143. The van der Waals surface area contributed by atoms with Crippen LogP contribution in [0.4, 0.5) is 0 Å². The molecule has 2 N–H and O–H groups in total. The molecule has 0 aromatic carbocycles. The summed E-state index contributed by atoms with van der Waals surface area (Å²) in [5.74, 6) is -0.412. The van der Waals surface area contributed by atoms with Crippen molar-refractivity contribution in [2.45, 2.75) is 31.7 Å². The fourth-order valence-corrected chi connectivity index (χ4v) is 3.22. The van der Waals surface area contributed by atoms with Gasteiger partial charge in [-0.25, -0.2) is 13.1 Å². The number of nitrogens with zero attached hydrogens (tertiary/aromatic N) is 1. The van der Waals surface area contributed by atoms with E-state index >= 15 is 0 Å². The maximum Gasteiger partial charge on any atom is 0.305 e. The quantitative estimate of drug-likeness (QED) is 0.439. The molecule has 1 fully saturated rings. The summed E-state index contributed by atoms with van der Waals surface area (Å²) in [6.45, 7) is 1.97. The molecule has 1 unspecified atom stereocenters. The SMILES string of the molecule is COC(=O)CCCNC(=O)CN1CCCC(NS(C)(=O)=O)C1. The molecule has 0 saturated carbocycles. The predicted octanol–water partition coefficient (Wildman–Crippen LogP) is -0.931. The molecule has 1 aliphatic rings. The standard InChI is InChI=1S/C13H25N3O5S/c1-21-13(18)6-3-7-14-12(17)10-16-8-4-5-11(9-16)15-22(2,19)20/h11,15H,3-10H2,1-2H3,(H,14,17). The maximum absolute atomic E-state index is 11.8. The van der Waals surface area contributed by atoms with Gasteiger partial charge in [0.05, 0.1) is 19.9 Å². The van der Waals surface area contributed by atoms with Crippen molar-refractivity contribution in [3.05, 3.63) is 0 Å². The highest BCUT2D eigenvalue weighted by molar-refractivity contribution is 7.88. The molecule has 1 saturated heterocycles. The minimum absolute atomic E-state index is 0.120. The van der Waals surface area contributed by atoms with Gasteiger partial charge in [0.2, 0.25) is 15.9 Å². The Morgan fingerprint density at radius 2 is 2.09 bits per heavy atom. The van der Waals surface area contributed by atoms with Gasteiger partial charge in [0.1, 0.15) is 0 Å². The lowest BCUT2D eigenvalue weighted by atomic mass is 10.1. The molecule has 128 valence electrons. The van der Waals surface area contributed by atoms with E-state index < -0.39 is 10.0 Å². The Bertz CT molecular complexity index is 480. The number of likely N-dealkylation sites (tertiary alicyclic amines) is 1. The van der Waals surface area contributed by atoms with Crippen LogP contribution in [-0.2, 0) is 24.3 Å². The van der Waals surface area contributed by atoms with Crippen molar-refractivity contribution in [1.82, 2.24) is 14.9 Å². The largest absolute Gasteiger partial charge is 0.469 e. The van der Waals surface area contributed by atoms with E-state index in [0.29, 0.717) is 19.5 Å². The lowest BCUT2D eigenvalue weighted by molar-refractivity contribution is -0.140. The number of amides is 1. The first kappa shape index (κ1) is 18.9. The van der Waals surface area contributed by atoms with Crippen LogP contribution < -0.4 is 10.0 Å². The topological polar surface area (TPSA) is 105 Å². The average molecular weight is 335 g/mol. The summed E-state index contributed by atoms with van der Waals surface area (Å²) in [5.41, 5.74) is 0. The highest BCUT2D eigenvalue weighted by Crippen LogP contribution is 2.10. The zero-order valence-electron chi connectivity index (χ0n) is 13.1. The van der Waals surface area contributed by atoms with Gasteiger partial charge in [-0.05, 0) is 25.8 Å². The third-order valence-electron chi connectivity index (χ3n) is 3.36. The molecule has 0 spiro atoms. The number of nitrogens with one attached hydrogen (secondary N) is 2. The molecule has 0 aliphatic carbocycles. The molecule has 1 amide bonds. The molecule has 1 heterocycles. The van der Waals surface area contributed by atoms with Crippen molar-refractivity contribution in [1.29, 1.82) is 0 Å². The summed E-state index contributed by atoms with van der Waals surface area (Å²) in [7, 11) is -1.89. The van der Waals surface area contributed by atoms with Gasteiger partial charge in [-0.15, -0.1) is 0 Å². The first-order chi connectivity index (χ1) is 10.3. The van der Waals surface area contributed by atoms with Crippen molar-refractivity contribution < 1.29 is 22.7 Å².